The lowest BCUT2D eigenvalue weighted by Gasteiger charge is -2.01. The van der Waals surface area contributed by atoms with Crippen LogP contribution in [0.1, 0.15) is 11.3 Å². The average Bonchev–Trinajstić information content (AvgIpc) is 2.47. The number of para-hydroxylation sites is 1. The normalized spacial score (nSPS) is 11.2. The highest BCUT2D eigenvalue weighted by atomic mass is 35.5. The minimum absolute atomic E-state index is 0.190. The van der Waals surface area contributed by atoms with Gasteiger partial charge < -0.3 is 5.11 Å². The highest BCUT2D eigenvalue weighted by molar-refractivity contribution is 6.32. The SMILES string of the molecule is Oc1cccc2ccc(C=Cc3ccccc3Cl)nc12. The molecule has 0 unspecified atom stereocenters. The number of aromatic hydroxyl groups is 1. The largest absolute Gasteiger partial charge is 0.506 e. The van der Waals surface area contributed by atoms with Crippen molar-refractivity contribution >= 4 is 34.7 Å². The molecule has 3 rings (SSSR count). The van der Waals surface area contributed by atoms with Gasteiger partial charge in [-0.25, -0.2) is 4.98 Å². The number of hydrogen-bond acceptors (Lipinski definition) is 2. The summed E-state index contributed by atoms with van der Waals surface area (Å²) in [6.45, 7) is 0. The zero-order valence-electron chi connectivity index (χ0n) is 10.6. The van der Waals surface area contributed by atoms with Gasteiger partial charge in [0.2, 0.25) is 0 Å². The molecule has 0 aliphatic rings. The lowest BCUT2D eigenvalue weighted by Crippen LogP contribution is -1.84. The van der Waals surface area contributed by atoms with Crippen molar-refractivity contribution in [3.8, 4) is 5.75 Å². The highest BCUT2D eigenvalue weighted by Gasteiger charge is 2.01. The Morgan fingerprint density at radius 1 is 0.900 bits per heavy atom. The van der Waals surface area contributed by atoms with Crippen molar-refractivity contribution in [2.75, 3.05) is 0 Å². The van der Waals surface area contributed by atoms with Gasteiger partial charge in [-0.15, -0.1) is 0 Å². The van der Waals surface area contributed by atoms with E-state index in [2.05, 4.69) is 4.98 Å². The van der Waals surface area contributed by atoms with E-state index in [1.54, 1.807) is 12.1 Å². The molecule has 0 saturated heterocycles. The van der Waals surface area contributed by atoms with Crippen LogP contribution in [0.2, 0.25) is 5.02 Å². The zero-order chi connectivity index (χ0) is 13.9. The molecule has 1 aromatic heterocycles. The molecular weight excluding hydrogens is 270 g/mol. The van der Waals surface area contributed by atoms with Crippen molar-refractivity contribution in [1.82, 2.24) is 4.98 Å². The number of phenols is 1. The fraction of sp³-hybridized carbons (Fsp3) is 0. The predicted octanol–water partition coefficient (Wildman–Crippen LogP) is 4.76. The predicted molar refractivity (Wildman–Crippen MR) is 83.8 cm³/mol. The van der Waals surface area contributed by atoms with Gasteiger partial charge in [-0.1, -0.05) is 54.1 Å². The van der Waals surface area contributed by atoms with Crippen LogP contribution >= 0.6 is 11.6 Å². The Labute approximate surface area is 122 Å². The topological polar surface area (TPSA) is 33.1 Å². The fourth-order valence-electron chi connectivity index (χ4n) is 2.02. The molecule has 0 fully saturated rings. The third-order valence-electron chi connectivity index (χ3n) is 3.06. The second-order valence-electron chi connectivity index (χ2n) is 4.44. The number of rotatable bonds is 2. The van der Waals surface area contributed by atoms with Gasteiger partial charge in [0.05, 0.1) is 5.69 Å². The van der Waals surface area contributed by atoms with Crippen molar-refractivity contribution in [3.63, 3.8) is 0 Å². The van der Waals surface area contributed by atoms with Crippen LogP contribution in [0.25, 0.3) is 23.1 Å². The first-order valence-corrected chi connectivity index (χ1v) is 6.63. The van der Waals surface area contributed by atoms with Crippen molar-refractivity contribution in [1.29, 1.82) is 0 Å². The number of phenolic OH excluding ortho intramolecular Hbond substituents is 1. The number of hydrogen-bond donors (Lipinski definition) is 1. The van der Waals surface area contributed by atoms with E-state index in [0.29, 0.717) is 10.5 Å². The van der Waals surface area contributed by atoms with Crippen LogP contribution in [-0.2, 0) is 0 Å². The summed E-state index contributed by atoms with van der Waals surface area (Å²) in [4.78, 5) is 4.44. The van der Waals surface area contributed by atoms with Crippen LogP contribution < -0.4 is 0 Å². The Morgan fingerprint density at radius 3 is 2.60 bits per heavy atom. The summed E-state index contributed by atoms with van der Waals surface area (Å²) in [7, 11) is 0. The van der Waals surface area contributed by atoms with E-state index in [9.17, 15) is 5.11 Å². The summed E-state index contributed by atoms with van der Waals surface area (Å²) in [5, 5.41) is 11.4. The Kier molecular flexibility index (Phi) is 3.40. The number of nitrogens with zero attached hydrogens (tertiary/aromatic N) is 1. The highest BCUT2D eigenvalue weighted by Crippen LogP contribution is 2.23. The Balaban J connectivity index is 1.99. The molecule has 2 aromatic carbocycles. The van der Waals surface area contributed by atoms with Crippen LogP contribution in [0.4, 0.5) is 0 Å². The zero-order valence-corrected chi connectivity index (χ0v) is 11.4. The van der Waals surface area contributed by atoms with Gasteiger partial charge >= 0.3 is 0 Å². The molecule has 3 aromatic rings. The second-order valence-corrected chi connectivity index (χ2v) is 4.85. The van der Waals surface area contributed by atoms with Crippen LogP contribution in [-0.4, -0.2) is 10.1 Å². The van der Waals surface area contributed by atoms with E-state index in [1.807, 2.05) is 54.6 Å². The number of fused-ring (bicyclic) bond motifs is 1. The van der Waals surface area contributed by atoms with Crippen LogP contribution in [0, 0.1) is 0 Å². The molecule has 0 radical (unpaired) electrons. The van der Waals surface area contributed by atoms with Gasteiger partial charge in [0, 0.05) is 10.4 Å². The quantitative estimate of drug-likeness (QED) is 0.734. The molecular formula is C17H12ClNO. The lowest BCUT2D eigenvalue weighted by atomic mass is 10.1. The maximum absolute atomic E-state index is 9.82. The van der Waals surface area contributed by atoms with E-state index < -0.39 is 0 Å². The molecule has 20 heavy (non-hydrogen) atoms. The van der Waals surface area contributed by atoms with Gasteiger partial charge in [0.15, 0.2) is 0 Å². The first kappa shape index (κ1) is 12.7. The minimum atomic E-state index is 0.190. The summed E-state index contributed by atoms with van der Waals surface area (Å²) in [6.07, 6.45) is 3.80. The molecule has 1 heterocycles. The van der Waals surface area contributed by atoms with E-state index in [1.165, 1.54) is 0 Å². The molecule has 0 bridgehead atoms. The fourth-order valence-corrected chi connectivity index (χ4v) is 2.22. The number of halogens is 1. The van der Waals surface area contributed by atoms with Gasteiger partial charge in [-0.3, -0.25) is 0 Å². The summed E-state index contributed by atoms with van der Waals surface area (Å²) < 4.78 is 0. The summed E-state index contributed by atoms with van der Waals surface area (Å²) >= 11 is 6.10. The molecule has 0 atom stereocenters. The third-order valence-corrected chi connectivity index (χ3v) is 3.40. The number of benzene rings is 2. The summed E-state index contributed by atoms with van der Waals surface area (Å²) in [5.41, 5.74) is 2.32. The van der Waals surface area contributed by atoms with Crippen molar-refractivity contribution in [2.24, 2.45) is 0 Å². The monoisotopic (exact) mass is 281 g/mol. The molecule has 2 nitrogen and oxygen atoms in total. The van der Waals surface area contributed by atoms with Gasteiger partial charge in [-0.05, 0) is 29.8 Å². The van der Waals surface area contributed by atoms with Crippen molar-refractivity contribution in [2.45, 2.75) is 0 Å². The minimum Gasteiger partial charge on any atom is -0.506 e. The van der Waals surface area contributed by atoms with E-state index in [-0.39, 0.29) is 5.75 Å². The van der Waals surface area contributed by atoms with E-state index >= 15 is 0 Å². The third kappa shape index (κ3) is 2.51. The van der Waals surface area contributed by atoms with E-state index in [4.69, 9.17) is 11.6 Å². The molecule has 3 heteroatoms. The maximum Gasteiger partial charge on any atom is 0.141 e. The second kappa shape index (κ2) is 5.35. The molecule has 0 aliphatic heterocycles. The number of pyridine rings is 1. The molecule has 98 valence electrons. The maximum atomic E-state index is 9.82. The molecule has 1 N–H and O–H groups in total. The lowest BCUT2D eigenvalue weighted by molar-refractivity contribution is 0.480. The van der Waals surface area contributed by atoms with Crippen LogP contribution in [0.15, 0.2) is 54.6 Å². The van der Waals surface area contributed by atoms with Gasteiger partial charge in [0.25, 0.3) is 0 Å². The van der Waals surface area contributed by atoms with Gasteiger partial charge in [0.1, 0.15) is 11.3 Å². The van der Waals surface area contributed by atoms with Crippen LogP contribution in [0.3, 0.4) is 0 Å². The molecule has 0 spiro atoms. The first-order valence-electron chi connectivity index (χ1n) is 6.25. The van der Waals surface area contributed by atoms with Crippen LogP contribution in [0.5, 0.6) is 5.75 Å². The molecule has 0 amide bonds. The Morgan fingerprint density at radius 2 is 1.75 bits per heavy atom. The Hall–Kier alpha value is -2.32. The van der Waals surface area contributed by atoms with Crippen molar-refractivity contribution < 1.29 is 5.11 Å². The van der Waals surface area contributed by atoms with Gasteiger partial charge in [-0.2, -0.15) is 0 Å². The Bertz CT molecular complexity index is 796. The molecule has 0 saturated carbocycles. The average molecular weight is 282 g/mol. The summed E-state index contributed by atoms with van der Waals surface area (Å²) in [5.74, 6) is 0.190. The standard InChI is InChI=1S/C17H12ClNO/c18-15-6-2-1-4-12(15)8-10-14-11-9-13-5-3-7-16(20)17(13)19-14/h1-11,20H. The summed E-state index contributed by atoms with van der Waals surface area (Å²) in [6, 6.07) is 16.8. The smallest absolute Gasteiger partial charge is 0.141 e. The first-order chi connectivity index (χ1) is 9.74. The van der Waals surface area contributed by atoms with Crippen molar-refractivity contribution in [3.05, 3.63) is 70.9 Å². The number of aromatic nitrogens is 1. The molecule has 0 aliphatic carbocycles. The van der Waals surface area contributed by atoms with E-state index in [0.717, 1.165) is 16.6 Å².